The highest BCUT2D eigenvalue weighted by Crippen LogP contribution is 2.32. The fraction of sp³-hybridized carbons (Fsp3) is 0.158. The molecule has 3 heterocycles. The van der Waals surface area contributed by atoms with E-state index in [1.807, 2.05) is 42.5 Å². The molecule has 0 atom stereocenters. The average Bonchev–Trinajstić information content (AvgIpc) is 3.23. The quantitative estimate of drug-likeness (QED) is 0.470. The van der Waals surface area contributed by atoms with Crippen LogP contribution in [0.25, 0.3) is 21.8 Å². The molecule has 0 fully saturated rings. The summed E-state index contributed by atoms with van der Waals surface area (Å²) in [5, 5.41) is 12.8. The molecule has 6 nitrogen and oxygen atoms in total. The molecule has 1 aliphatic rings. The first kappa shape index (κ1) is 15.3. The maximum atomic E-state index is 12.7. The van der Waals surface area contributed by atoms with Crippen molar-refractivity contribution in [2.75, 3.05) is 11.9 Å². The summed E-state index contributed by atoms with van der Waals surface area (Å²) in [6, 6.07) is 13.4. The number of halogens is 1. The molecule has 0 unspecified atom stereocenters. The second-order valence-corrected chi connectivity index (χ2v) is 6.87. The highest BCUT2D eigenvalue weighted by Gasteiger charge is 2.25. The minimum absolute atomic E-state index is 0.155. The minimum atomic E-state index is -0.155. The Morgan fingerprint density at radius 1 is 1.15 bits per heavy atom. The number of fused-ring (bicyclic) bond motifs is 4. The fourth-order valence-electron chi connectivity index (χ4n) is 3.66. The zero-order valence-electron chi connectivity index (χ0n) is 13.8. The van der Waals surface area contributed by atoms with Gasteiger partial charge in [-0.15, -0.1) is 0 Å². The van der Waals surface area contributed by atoms with Crippen molar-refractivity contribution >= 4 is 45.3 Å². The monoisotopic (exact) mass is 365 g/mol. The number of benzene rings is 2. The maximum Gasteiger partial charge on any atom is 0.323 e. The maximum absolute atomic E-state index is 12.7. The molecule has 4 aromatic rings. The molecule has 26 heavy (non-hydrogen) atoms. The van der Waals surface area contributed by atoms with Crippen LogP contribution in [-0.4, -0.2) is 32.7 Å². The topological polar surface area (TPSA) is 76.8 Å². The van der Waals surface area contributed by atoms with E-state index >= 15 is 0 Å². The molecule has 5 rings (SSSR count). The third-order valence-electron chi connectivity index (χ3n) is 4.93. The Labute approximate surface area is 154 Å². The molecular formula is C19H16ClN5O. The second kappa shape index (κ2) is 5.78. The van der Waals surface area contributed by atoms with Gasteiger partial charge in [0, 0.05) is 28.5 Å². The van der Waals surface area contributed by atoms with Crippen LogP contribution in [-0.2, 0) is 13.0 Å². The molecule has 2 amide bonds. The molecule has 3 N–H and O–H groups in total. The van der Waals surface area contributed by atoms with Gasteiger partial charge in [0.05, 0.1) is 17.1 Å². The van der Waals surface area contributed by atoms with E-state index < -0.39 is 0 Å². The number of hydrogen-bond acceptors (Lipinski definition) is 2. The van der Waals surface area contributed by atoms with Crippen LogP contribution in [0.3, 0.4) is 0 Å². The van der Waals surface area contributed by atoms with Crippen molar-refractivity contribution in [3.8, 4) is 0 Å². The summed E-state index contributed by atoms with van der Waals surface area (Å²) in [5.74, 6) is 0.552. The number of para-hydroxylation sites is 1. The first-order valence-electron chi connectivity index (χ1n) is 8.47. The van der Waals surface area contributed by atoms with Gasteiger partial charge in [-0.3, -0.25) is 10.4 Å². The van der Waals surface area contributed by atoms with Gasteiger partial charge in [-0.25, -0.2) is 4.79 Å². The fourth-order valence-corrected chi connectivity index (χ4v) is 3.95. The molecule has 2 aromatic heterocycles. The van der Waals surface area contributed by atoms with Crippen molar-refractivity contribution in [2.45, 2.75) is 13.0 Å². The average molecular weight is 366 g/mol. The summed E-state index contributed by atoms with van der Waals surface area (Å²) in [5.41, 5.74) is 4.17. The first-order valence-corrected chi connectivity index (χ1v) is 8.85. The van der Waals surface area contributed by atoms with Gasteiger partial charge in [-0.1, -0.05) is 29.8 Å². The van der Waals surface area contributed by atoms with Crippen molar-refractivity contribution < 1.29 is 4.79 Å². The summed E-state index contributed by atoms with van der Waals surface area (Å²) in [7, 11) is 0. The van der Waals surface area contributed by atoms with Gasteiger partial charge in [-0.05, 0) is 36.2 Å². The number of rotatable bonds is 1. The van der Waals surface area contributed by atoms with Crippen molar-refractivity contribution in [1.82, 2.24) is 20.1 Å². The van der Waals surface area contributed by atoms with Gasteiger partial charge < -0.3 is 9.88 Å². The second-order valence-electron chi connectivity index (χ2n) is 6.46. The molecule has 0 bridgehead atoms. The van der Waals surface area contributed by atoms with E-state index in [0.29, 0.717) is 18.9 Å². The molecule has 0 aliphatic carbocycles. The highest BCUT2D eigenvalue weighted by molar-refractivity contribution is 6.35. The van der Waals surface area contributed by atoms with Crippen molar-refractivity contribution in [3.05, 3.63) is 58.7 Å². The number of hydrogen-bond donors (Lipinski definition) is 3. The highest BCUT2D eigenvalue weighted by atomic mass is 35.5. The smallest absolute Gasteiger partial charge is 0.323 e. The number of carbonyl (C=O) groups excluding carboxylic acids is 1. The Hall–Kier alpha value is -2.99. The van der Waals surface area contributed by atoms with Crippen LogP contribution in [0.1, 0.15) is 11.3 Å². The molecule has 0 spiro atoms. The van der Waals surface area contributed by atoms with Crippen LogP contribution >= 0.6 is 11.6 Å². The molecule has 0 saturated carbocycles. The first-order chi connectivity index (χ1) is 12.7. The summed E-state index contributed by atoms with van der Waals surface area (Å²) < 4.78 is 0. The Bertz CT molecular complexity index is 1150. The number of nitrogens with zero attached hydrogens (tertiary/aromatic N) is 2. The van der Waals surface area contributed by atoms with Crippen LogP contribution in [0, 0.1) is 0 Å². The third-order valence-corrected chi connectivity index (χ3v) is 5.24. The zero-order chi connectivity index (χ0) is 17.7. The molecule has 0 radical (unpaired) electrons. The van der Waals surface area contributed by atoms with Crippen molar-refractivity contribution in [3.63, 3.8) is 0 Å². The number of H-pyrrole nitrogens is 2. The molecule has 7 heteroatoms. The lowest BCUT2D eigenvalue weighted by molar-refractivity contribution is 0.206. The Balaban J connectivity index is 1.41. The van der Waals surface area contributed by atoms with Crippen LogP contribution in [0.5, 0.6) is 0 Å². The van der Waals surface area contributed by atoms with E-state index in [4.69, 9.17) is 11.6 Å². The van der Waals surface area contributed by atoms with Gasteiger partial charge in [0.15, 0.2) is 5.82 Å². The molecular weight excluding hydrogens is 350 g/mol. The summed E-state index contributed by atoms with van der Waals surface area (Å²) in [4.78, 5) is 17.9. The van der Waals surface area contributed by atoms with Gasteiger partial charge in [0.25, 0.3) is 0 Å². The predicted octanol–water partition coefficient (Wildman–Crippen LogP) is 4.29. The largest absolute Gasteiger partial charge is 0.357 e. The van der Waals surface area contributed by atoms with Crippen molar-refractivity contribution in [2.24, 2.45) is 0 Å². The lowest BCUT2D eigenvalue weighted by Gasteiger charge is -2.27. The number of nitrogens with one attached hydrogen (secondary N) is 3. The van der Waals surface area contributed by atoms with E-state index in [0.717, 1.165) is 38.9 Å². The molecule has 0 saturated heterocycles. The number of aromatic nitrogens is 3. The third kappa shape index (κ3) is 2.34. The Morgan fingerprint density at radius 3 is 2.92 bits per heavy atom. The lowest BCUT2D eigenvalue weighted by Crippen LogP contribution is -2.38. The van der Waals surface area contributed by atoms with E-state index in [2.05, 4.69) is 20.5 Å². The number of urea groups is 1. The number of amides is 2. The van der Waals surface area contributed by atoms with E-state index in [1.54, 1.807) is 4.90 Å². The number of anilines is 1. The van der Waals surface area contributed by atoms with Gasteiger partial charge >= 0.3 is 6.03 Å². The van der Waals surface area contributed by atoms with Crippen LogP contribution in [0.15, 0.2) is 42.5 Å². The Kier molecular flexibility index (Phi) is 3.39. The standard InChI is InChI=1S/C19H16ClN5O/c20-13-5-3-7-15-17(13)11-8-9-25(10-16(11)21-15)19(26)22-18-12-4-1-2-6-14(12)23-24-18/h1-7,21H,8-10H2,(H2,22,23,24,26). The summed E-state index contributed by atoms with van der Waals surface area (Å²) in [6.07, 6.45) is 0.772. The molecule has 1 aliphatic heterocycles. The minimum Gasteiger partial charge on any atom is -0.357 e. The summed E-state index contributed by atoms with van der Waals surface area (Å²) in [6.45, 7) is 1.16. The van der Waals surface area contributed by atoms with E-state index in [1.165, 1.54) is 5.56 Å². The van der Waals surface area contributed by atoms with Gasteiger partial charge in [-0.2, -0.15) is 5.10 Å². The van der Waals surface area contributed by atoms with Gasteiger partial charge in [0.2, 0.25) is 0 Å². The number of carbonyl (C=O) groups is 1. The molecule has 2 aromatic carbocycles. The van der Waals surface area contributed by atoms with E-state index in [-0.39, 0.29) is 6.03 Å². The van der Waals surface area contributed by atoms with Crippen molar-refractivity contribution in [1.29, 1.82) is 0 Å². The summed E-state index contributed by atoms with van der Waals surface area (Å²) >= 11 is 6.36. The van der Waals surface area contributed by atoms with E-state index in [9.17, 15) is 4.79 Å². The Morgan fingerprint density at radius 2 is 2.00 bits per heavy atom. The SMILES string of the molecule is O=C(Nc1n[nH]c2ccccc12)N1CCc2c([nH]c3cccc(Cl)c23)C1. The number of aromatic amines is 2. The van der Waals surface area contributed by atoms with Crippen LogP contribution < -0.4 is 5.32 Å². The zero-order valence-corrected chi connectivity index (χ0v) is 14.6. The molecule has 130 valence electrons. The predicted molar refractivity (Wildman–Crippen MR) is 103 cm³/mol. The normalized spacial score (nSPS) is 14.0. The van der Waals surface area contributed by atoms with Crippen LogP contribution in [0.2, 0.25) is 5.02 Å². The van der Waals surface area contributed by atoms with Gasteiger partial charge in [0.1, 0.15) is 0 Å². The van der Waals surface area contributed by atoms with Crippen LogP contribution in [0.4, 0.5) is 10.6 Å². The lowest BCUT2D eigenvalue weighted by atomic mass is 10.0.